The van der Waals surface area contributed by atoms with Gasteiger partial charge in [-0.3, -0.25) is 19.1 Å². The van der Waals surface area contributed by atoms with Gasteiger partial charge in [0, 0.05) is 29.1 Å². The summed E-state index contributed by atoms with van der Waals surface area (Å²) >= 11 is 0. The third kappa shape index (κ3) is 9.10. The molecular formula is C30H31BF4N2O5P. The van der Waals surface area contributed by atoms with Crippen LogP contribution in [0.5, 0.6) is 5.75 Å². The van der Waals surface area contributed by atoms with Crippen LogP contribution in [0.3, 0.4) is 0 Å². The molecule has 0 saturated heterocycles. The quantitative estimate of drug-likeness (QED) is 0.106. The molecular weight excluding hydrogens is 586 g/mol. The number of alkyl halides is 3. The number of hydrogen-bond acceptors (Lipinski definition) is 6. The number of ether oxygens (including phenoxy) is 2. The van der Waals surface area contributed by atoms with Gasteiger partial charge in [0.25, 0.3) is 0 Å². The number of benzene rings is 2. The van der Waals surface area contributed by atoms with Gasteiger partial charge in [-0.15, -0.1) is 0 Å². The fourth-order valence-electron chi connectivity index (χ4n) is 4.36. The van der Waals surface area contributed by atoms with E-state index in [0.717, 1.165) is 6.07 Å². The highest BCUT2D eigenvalue weighted by atomic mass is 31.1. The van der Waals surface area contributed by atoms with Crippen molar-refractivity contribution in [1.29, 1.82) is 0 Å². The number of hydrogen-bond donors (Lipinski definition) is 1. The first-order valence-corrected chi connectivity index (χ1v) is 14.5. The summed E-state index contributed by atoms with van der Waals surface area (Å²) in [6.07, 6.45) is -3.87. The standard InChI is InChI=1S/C30H31BF4N2O5P/c1-5-41-25-12-21(16-36-27(25)31-17-43-40)18-7-8-19(24(32)11-18)13-26(38)37-22-10-9-20(23(14-22)30(33,34)35)15-29(3,4)28(39)42-6-2/h7-12,14,16H,5-6,13,15,17H2,1-4H3,(H,37,38). The van der Waals surface area contributed by atoms with Crippen LogP contribution < -0.4 is 15.6 Å². The molecule has 13 heteroatoms. The monoisotopic (exact) mass is 617 g/mol. The lowest BCUT2D eigenvalue weighted by atomic mass is 9.76. The third-order valence-corrected chi connectivity index (χ3v) is 6.77. The highest BCUT2D eigenvalue weighted by molar-refractivity contribution is 7.27. The van der Waals surface area contributed by atoms with Crippen molar-refractivity contribution in [3.05, 3.63) is 71.2 Å². The van der Waals surface area contributed by atoms with Gasteiger partial charge >= 0.3 is 12.1 Å². The lowest BCUT2D eigenvalue weighted by Crippen LogP contribution is -2.30. The van der Waals surface area contributed by atoms with E-state index in [-0.39, 0.29) is 44.4 Å². The van der Waals surface area contributed by atoms with Gasteiger partial charge in [-0.05, 0) is 75.1 Å². The molecule has 3 rings (SSSR count). The van der Waals surface area contributed by atoms with Crippen LogP contribution in [0.2, 0.25) is 0 Å². The number of rotatable bonds is 13. The molecule has 1 heterocycles. The van der Waals surface area contributed by atoms with E-state index < -0.39 is 41.3 Å². The van der Waals surface area contributed by atoms with Crippen molar-refractivity contribution in [2.45, 2.75) is 46.7 Å². The summed E-state index contributed by atoms with van der Waals surface area (Å²) in [5.41, 5.74) is -0.855. The molecule has 227 valence electrons. The fourth-order valence-corrected chi connectivity index (χ4v) is 4.60. The average molecular weight is 617 g/mol. The van der Waals surface area contributed by atoms with Crippen molar-refractivity contribution >= 4 is 38.9 Å². The molecule has 43 heavy (non-hydrogen) atoms. The highest BCUT2D eigenvalue weighted by Crippen LogP contribution is 2.37. The number of nitrogens with zero attached hydrogens (tertiary/aromatic N) is 1. The van der Waals surface area contributed by atoms with Crippen LogP contribution in [0.4, 0.5) is 23.2 Å². The summed E-state index contributed by atoms with van der Waals surface area (Å²) in [6.45, 7) is 6.87. The number of esters is 1. The molecule has 3 aromatic rings. The van der Waals surface area contributed by atoms with E-state index in [1.54, 1.807) is 33.3 Å². The van der Waals surface area contributed by atoms with Crippen molar-refractivity contribution in [2.24, 2.45) is 5.41 Å². The smallest absolute Gasteiger partial charge is 0.416 e. The molecule has 0 aliphatic carbocycles. The molecule has 0 saturated carbocycles. The Hall–Kier alpha value is -3.79. The minimum atomic E-state index is -4.74. The van der Waals surface area contributed by atoms with Crippen LogP contribution in [0.1, 0.15) is 44.4 Å². The van der Waals surface area contributed by atoms with E-state index in [9.17, 15) is 27.3 Å². The SMILES string of the molecule is CCOC(=O)C(C)(C)Cc1ccc(NC(=O)Cc2ccc(-c3cnc([B]CP=O)c(OCC)c3)cc2F)cc1C(F)(F)F. The maximum Gasteiger partial charge on any atom is 0.416 e. The number of nitrogens with one attached hydrogen (secondary N) is 1. The molecule has 0 bridgehead atoms. The number of aromatic nitrogens is 1. The van der Waals surface area contributed by atoms with E-state index >= 15 is 4.39 Å². The molecule has 0 atom stereocenters. The minimum absolute atomic E-state index is 0.0440. The zero-order valence-electron chi connectivity index (χ0n) is 24.2. The van der Waals surface area contributed by atoms with E-state index in [0.29, 0.717) is 29.1 Å². The Bertz CT molecular complexity index is 1480. The van der Waals surface area contributed by atoms with E-state index in [4.69, 9.17) is 9.47 Å². The Morgan fingerprint density at radius 1 is 1.00 bits per heavy atom. The minimum Gasteiger partial charge on any atom is -0.493 e. The fraction of sp³-hybridized carbons (Fsp3) is 0.367. The highest BCUT2D eigenvalue weighted by Gasteiger charge is 2.37. The Balaban J connectivity index is 1.77. The molecule has 1 N–H and O–H groups in total. The number of carbonyl (C=O) groups excluding carboxylic acids is 2. The summed E-state index contributed by atoms with van der Waals surface area (Å²) in [5, 5.41) is 2.40. The topological polar surface area (TPSA) is 94.6 Å². The van der Waals surface area contributed by atoms with Crippen molar-refractivity contribution in [2.75, 3.05) is 24.6 Å². The largest absolute Gasteiger partial charge is 0.493 e. The normalized spacial score (nSPS) is 11.7. The zero-order chi connectivity index (χ0) is 31.8. The van der Waals surface area contributed by atoms with Crippen LogP contribution in [0, 0.1) is 11.2 Å². The Kier molecular flexibility index (Phi) is 11.4. The molecule has 0 spiro atoms. The maximum absolute atomic E-state index is 15.0. The molecule has 7 nitrogen and oxygen atoms in total. The molecule has 1 radical (unpaired) electrons. The average Bonchev–Trinajstić information content (AvgIpc) is 2.94. The van der Waals surface area contributed by atoms with E-state index in [1.807, 2.05) is 0 Å². The Morgan fingerprint density at radius 3 is 2.35 bits per heavy atom. The molecule has 0 unspecified atom stereocenters. The Labute approximate surface area is 249 Å². The molecule has 0 aliphatic heterocycles. The first-order valence-electron chi connectivity index (χ1n) is 13.5. The summed E-state index contributed by atoms with van der Waals surface area (Å²) in [7, 11) is 1.59. The van der Waals surface area contributed by atoms with E-state index in [1.165, 1.54) is 44.3 Å². The summed E-state index contributed by atoms with van der Waals surface area (Å²) in [5.74, 6) is -1.57. The van der Waals surface area contributed by atoms with Crippen molar-refractivity contribution in [3.8, 4) is 16.9 Å². The molecule has 0 fully saturated rings. The molecule has 1 aromatic heterocycles. The predicted octanol–water partition coefficient (Wildman–Crippen LogP) is 6.20. The predicted molar refractivity (Wildman–Crippen MR) is 157 cm³/mol. The second kappa shape index (κ2) is 14.6. The van der Waals surface area contributed by atoms with Crippen LogP contribution in [0.25, 0.3) is 11.1 Å². The lowest BCUT2D eigenvalue weighted by Gasteiger charge is -2.24. The maximum atomic E-state index is 15.0. The molecule has 0 aliphatic rings. The van der Waals surface area contributed by atoms with Crippen molar-refractivity contribution < 1.29 is 41.2 Å². The van der Waals surface area contributed by atoms with Crippen LogP contribution in [0.15, 0.2) is 48.7 Å². The second-order valence-corrected chi connectivity index (χ2v) is 10.9. The number of amides is 1. The first-order chi connectivity index (χ1) is 20.3. The van der Waals surface area contributed by atoms with Crippen LogP contribution in [-0.2, 0) is 37.9 Å². The van der Waals surface area contributed by atoms with Gasteiger partial charge in [0.05, 0.1) is 30.6 Å². The van der Waals surface area contributed by atoms with Crippen molar-refractivity contribution in [3.63, 3.8) is 0 Å². The van der Waals surface area contributed by atoms with Gasteiger partial charge in [0.1, 0.15) is 20.0 Å². The molecule has 2 aromatic carbocycles. The molecule has 1 amide bonds. The summed E-state index contributed by atoms with van der Waals surface area (Å²) < 4.78 is 78.1. The van der Waals surface area contributed by atoms with E-state index in [2.05, 4.69) is 10.3 Å². The zero-order valence-corrected chi connectivity index (χ0v) is 25.1. The lowest BCUT2D eigenvalue weighted by molar-refractivity contribution is -0.154. The van der Waals surface area contributed by atoms with Gasteiger partial charge in [-0.1, -0.05) is 18.2 Å². The second-order valence-electron chi connectivity index (χ2n) is 10.2. The van der Waals surface area contributed by atoms with Crippen LogP contribution >= 0.6 is 8.46 Å². The number of anilines is 1. The van der Waals surface area contributed by atoms with Gasteiger partial charge in [-0.25, -0.2) is 4.39 Å². The van der Waals surface area contributed by atoms with Crippen LogP contribution in [-0.4, -0.2) is 43.4 Å². The number of carbonyl (C=O) groups is 2. The van der Waals surface area contributed by atoms with Gasteiger partial charge < -0.3 is 14.8 Å². The first kappa shape index (κ1) is 33.7. The number of pyridine rings is 1. The Morgan fingerprint density at radius 2 is 1.72 bits per heavy atom. The summed E-state index contributed by atoms with van der Waals surface area (Å²) in [6, 6.07) is 9.51. The third-order valence-electron chi connectivity index (χ3n) is 6.44. The van der Waals surface area contributed by atoms with Gasteiger partial charge in [-0.2, -0.15) is 13.2 Å². The van der Waals surface area contributed by atoms with Crippen molar-refractivity contribution in [1.82, 2.24) is 4.98 Å². The summed E-state index contributed by atoms with van der Waals surface area (Å²) in [4.78, 5) is 29.2. The number of halogens is 4. The van der Waals surface area contributed by atoms with Gasteiger partial charge in [0.2, 0.25) is 5.91 Å². The van der Waals surface area contributed by atoms with Gasteiger partial charge in [0.15, 0.2) is 7.28 Å².